The van der Waals surface area contributed by atoms with E-state index in [1.54, 1.807) is 30.3 Å². The molecule has 4 nitrogen and oxygen atoms in total. The van der Waals surface area contributed by atoms with E-state index < -0.39 is 0 Å². The number of hydrogen-bond acceptors (Lipinski definition) is 4. The van der Waals surface area contributed by atoms with Crippen molar-refractivity contribution in [3.8, 4) is 12.1 Å². The minimum Gasteiger partial charge on any atom is -0.398 e. The molecule has 2 aromatic rings. The van der Waals surface area contributed by atoms with Crippen molar-refractivity contribution in [2.24, 2.45) is 0 Å². The van der Waals surface area contributed by atoms with Gasteiger partial charge in [0.15, 0.2) is 0 Å². The van der Waals surface area contributed by atoms with Gasteiger partial charge in [0.05, 0.1) is 22.9 Å². The third kappa shape index (κ3) is 2.65. The van der Waals surface area contributed by atoms with Gasteiger partial charge in [-0.25, -0.2) is 0 Å². The predicted molar refractivity (Wildman–Crippen MR) is 74.7 cm³/mol. The van der Waals surface area contributed by atoms with Gasteiger partial charge in [-0.3, -0.25) is 0 Å². The van der Waals surface area contributed by atoms with Crippen LogP contribution in [0.1, 0.15) is 16.7 Å². The van der Waals surface area contributed by atoms with Crippen LogP contribution in [-0.2, 0) is 0 Å². The van der Waals surface area contributed by atoms with Crippen molar-refractivity contribution in [1.82, 2.24) is 0 Å². The summed E-state index contributed by atoms with van der Waals surface area (Å²) in [4.78, 5) is 0. The number of anilines is 3. The quantitative estimate of drug-likeness (QED) is 0.800. The summed E-state index contributed by atoms with van der Waals surface area (Å²) in [5.74, 6) is 0. The maximum Gasteiger partial charge on any atom is 0.101 e. The second kappa shape index (κ2) is 5.12. The van der Waals surface area contributed by atoms with Gasteiger partial charge in [0, 0.05) is 11.4 Å². The van der Waals surface area contributed by atoms with Crippen LogP contribution in [0.4, 0.5) is 17.1 Å². The lowest BCUT2D eigenvalue weighted by Crippen LogP contribution is -1.96. The van der Waals surface area contributed by atoms with Crippen molar-refractivity contribution in [2.75, 3.05) is 11.1 Å². The highest BCUT2D eigenvalue weighted by atomic mass is 14.9. The van der Waals surface area contributed by atoms with E-state index in [0.29, 0.717) is 16.8 Å². The van der Waals surface area contributed by atoms with E-state index in [-0.39, 0.29) is 0 Å². The first-order chi connectivity index (χ1) is 9.13. The molecule has 2 rings (SSSR count). The summed E-state index contributed by atoms with van der Waals surface area (Å²) in [5, 5.41) is 20.9. The molecule has 0 saturated carbocycles. The molecule has 3 N–H and O–H groups in total. The Balaban J connectivity index is 2.34. The molecule has 0 unspecified atom stereocenters. The molecule has 0 aliphatic heterocycles. The molecule has 0 aliphatic carbocycles. The van der Waals surface area contributed by atoms with Crippen molar-refractivity contribution in [3.63, 3.8) is 0 Å². The molecule has 92 valence electrons. The van der Waals surface area contributed by atoms with Crippen LogP contribution in [0.25, 0.3) is 0 Å². The summed E-state index contributed by atoms with van der Waals surface area (Å²) in [7, 11) is 0. The predicted octanol–water partition coefficient (Wildman–Crippen LogP) is 3.06. The fourth-order valence-electron chi connectivity index (χ4n) is 1.72. The number of rotatable bonds is 2. The molecule has 0 bridgehead atoms. The van der Waals surface area contributed by atoms with Gasteiger partial charge >= 0.3 is 0 Å². The van der Waals surface area contributed by atoms with Crippen LogP contribution in [0.2, 0.25) is 0 Å². The minimum atomic E-state index is 0.432. The first kappa shape index (κ1) is 12.5. The van der Waals surface area contributed by atoms with Gasteiger partial charge < -0.3 is 11.1 Å². The van der Waals surface area contributed by atoms with Crippen LogP contribution < -0.4 is 11.1 Å². The third-order valence-electron chi connectivity index (χ3n) is 2.82. The van der Waals surface area contributed by atoms with Crippen LogP contribution in [0.5, 0.6) is 0 Å². The second-order valence-corrected chi connectivity index (χ2v) is 4.18. The van der Waals surface area contributed by atoms with Gasteiger partial charge in [-0.15, -0.1) is 0 Å². The zero-order valence-corrected chi connectivity index (χ0v) is 10.4. The zero-order valence-electron chi connectivity index (χ0n) is 10.4. The third-order valence-corrected chi connectivity index (χ3v) is 2.82. The average molecular weight is 248 g/mol. The molecule has 0 aliphatic rings. The molecule has 0 amide bonds. The molecule has 19 heavy (non-hydrogen) atoms. The second-order valence-electron chi connectivity index (χ2n) is 4.18. The number of nitrogens with zero attached hydrogens (tertiary/aromatic N) is 2. The highest BCUT2D eigenvalue weighted by molar-refractivity contribution is 5.70. The van der Waals surface area contributed by atoms with E-state index in [1.165, 1.54) is 0 Å². The Kier molecular flexibility index (Phi) is 3.36. The Labute approximate surface area is 111 Å². The Morgan fingerprint density at radius 3 is 2.47 bits per heavy atom. The molecule has 0 saturated heterocycles. The molecular formula is C15H12N4. The summed E-state index contributed by atoms with van der Waals surface area (Å²) in [6, 6.07) is 14.7. The van der Waals surface area contributed by atoms with Crippen molar-refractivity contribution in [3.05, 3.63) is 53.1 Å². The van der Waals surface area contributed by atoms with Crippen LogP contribution in [0, 0.1) is 29.6 Å². The number of benzene rings is 2. The number of aryl methyl sites for hydroxylation is 1. The molecular weight excluding hydrogens is 236 g/mol. The number of nitrogen functional groups attached to an aromatic ring is 1. The van der Waals surface area contributed by atoms with E-state index in [0.717, 1.165) is 16.9 Å². The summed E-state index contributed by atoms with van der Waals surface area (Å²) < 4.78 is 0. The van der Waals surface area contributed by atoms with E-state index in [2.05, 4.69) is 11.4 Å². The van der Waals surface area contributed by atoms with Crippen LogP contribution in [-0.4, -0.2) is 0 Å². The fourth-order valence-corrected chi connectivity index (χ4v) is 1.72. The minimum absolute atomic E-state index is 0.432. The van der Waals surface area contributed by atoms with Gasteiger partial charge in [-0.05, 0) is 42.8 Å². The zero-order chi connectivity index (χ0) is 13.8. The highest BCUT2D eigenvalue weighted by Crippen LogP contribution is 2.24. The Morgan fingerprint density at radius 1 is 1.05 bits per heavy atom. The first-order valence-electron chi connectivity index (χ1n) is 5.71. The maximum absolute atomic E-state index is 8.90. The number of nitriles is 2. The van der Waals surface area contributed by atoms with Crippen LogP contribution in [0.3, 0.4) is 0 Å². The number of nitrogens with two attached hydrogens (primary N) is 1. The molecule has 4 heteroatoms. The van der Waals surface area contributed by atoms with E-state index in [4.69, 9.17) is 16.3 Å². The summed E-state index contributed by atoms with van der Waals surface area (Å²) in [5.41, 5.74) is 9.91. The standard InChI is InChI=1S/C15H12N4/c1-10-2-3-11(8-16)6-15(10)19-13-5-4-12(9-17)14(18)7-13/h2-7,19H,18H2,1H3. The lowest BCUT2D eigenvalue weighted by Gasteiger charge is -2.11. The Morgan fingerprint density at radius 2 is 1.84 bits per heavy atom. The van der Waals surface area contributed by atoms with Gasteiger partial charge in [-0.2, -0.15) is 10.5 Å². The van der Waals surface area contributed by atoms with Gasteiger partial charge in [0.2, 0.25) is 0 Å². The normalized spacial score (nSPS) is 9.42. The molecule has 0 radical (unpaired) electrons. The number of hydrogen-bond donors (Lipinski definition) is 2. The largest absolute Gasteiger partial charge is 0.398 e. The summed E-state index contributed by atoms with van der Waals surface area (Å²) in [6.07, 6.45) is 0. The van der Waals surface area contributed by atoms with Crippen molar-refractivity contribution in [2.45, 2.75) is 6.92 Å². The van der Waals surface area contributed by atoms with Crippen LogP contribution >= 0.6 is 0 Å². The highest BCUT2D eigenvalue weighted by Gasteiger charge is 2.03. The molecule has 0 aromatic heterocycles. The van der Waals surface area contributed by atoms with Crippen molar-refractivity contribution < 1.29 is 0 Å². The average Bonchev–Trinajstić information content (AvgIpc) is 2.41. The van der Waals surface area contributed by atoms with Crippen LogP contribution in [0.15, 0.2) is 36.4 Å². The fraction of sp³-hybridized carbons (Fsp3) is 0.0667. The lowest BCUT2D eigenvalue weighted by atomic mass is 10.1. The molecule has 0 atom stereocenters. The monoisotopic (exact) mass is 248 g/mol. The van der Waals surface area contributed by atoms with E-state index in [9.17, 15) is 0 Å². The Hall–Kier alpha value is -2.98. The Bertz CT molecular complexity index is 705. The van der Waals surface area contributed by atoms with Gasteiger partial charge in [-0.1, -0.05) is 6.07 Å². The summed E-state index contributed by atoms with van der Waals surface area (Å²) >= 11 is 0. The van der Waals surface area contributed by atoms with Gasteiger partial charge in [0.25, 0.3) is 0 Å². The molecule has 2 aromatic carbocycles. The lowest BCUT2D eigenvalue weighted by molar-refractivity contribution is 1.40. The number of nitrogens with one attached hydrogen (secondary N) is 1. The van der Waals surface area contributed by atoms with Gasteiger partial charge in [0.1, 0.15) is 6.07 Å². The first-order valence-corrected chi connectivity index (χ1v) is 5.71. The smallest absolute Gasteiger partial charge is 0.101 e. The maximum atomic E-state index is 8.90. The molecule has 0 fully saturated rings. The summed E-state index contributed by atoms with van der Waals surface area (Å²) in [6.45, 7) is 1.95. The molecule has 0 heterocycles. The van der Waals surface area contributed by atoms with E-state index in [1.807, 2.05) is 19.1 Å². The van der Waals surface area contributed by atoms with E-state index >= 15 is 0 Å². The topological polar surface area (TPSA) is 85.6 Å². The molecule has 0 spiro atoms. The van der Waals surface area contributed by atoms with Crippen molar-refractivity contribution in [1.29, 1.82) is 10.5 Å². The van der Waals surface area contributed by atoms with Crippen molar-refractivity contribution >= 4 is 17.1 Å². The SMILES string of the molecule is Cc1ccc(C#N)cc1Nc1ccc(C#N)c(N)c1.